The van der Waals surface area contributed by atoms with Gasteiger partial charge in [0.2, 0.25) is 0 Å². The molecule has 4 rings (SSSR count). The van der Waals surface area contributed by atoms with Gasteiger partial charge in [-0.15, -0.1) is 0 Å². The minimum absolute atomic E-state index is 0.561. The van der Waals surface area contributed by atoms with Crippen LogP contribution in [0.5, 0.6) is 0 Å². The highest BCUT2D eigenvalue weighted by Crippen LogP contribution is 2.48. The van der Waals surface area contributed by atoms with Gasteiger partial charge in [-0.2, -0.15) is 10.5 Å². The summed E-state index contributed by atoms with van der Waals surface area (Å²) in [4.78, 5) is 3.11. The van der Waals surface area contributed by atoms with Crippen LogP contribution in [0.3, 0.4) is 0 Å². The van der Waals surface area contributed by atoms with Crippen LogP contribution in [0, 0.1) is 22.7 Å². The summed E-state index contributed by atoms with van der Waals surface area (Å²) in [5, 5.41) is 20.3. The standard InChI is InChI=1S/C16H7N3/c17-5-9-1-3-11-13-7-19-8-14(13)12-4-2-10(6-18)15(9)16(11)12/h1-4,7-8,19H. The van der Waals surface area contributed by atoms with Crippen LogP contribution in [-0.2, 0) is 0 Å². The van der Waals surface area contributed by atoms with E-state index in [9.17, 15) is 10.5 Å². The van der Waals surface area contributed by atoms with Crippen LogP contribution in [-0.4, -0.2) is 4.98 Å². The second-order valence-electron chi connectivity index (χ2n) is 4.58. The van der Waals surface area contributed by atoms with Gasteiger partial charge in [0, 0.05) is 34.3 Å². The first-order valence-electron chi connectivity index (χ1n) is 5.92. The first kappa shape index (κ1) is 9.94. The molecule has 0 atom stereocenters. The number of benzene rings is 2. The minimum Gasteiger partial charge on any atom is -0.366 e. The van der Waals surface area contributed by atoms with Gasteiger partial charge in [-0.3, -0.25) is 0 Å². The van der Waals surface area contributed by atoms with Crippen molar-refractivity contribution in [2.45, 2.75) is 0 Å². The maximum Gasteiger partial charge on any atom is 0.0998 e. The van der Waals surface area contributed by atoms with Gasteiger partial charge in [-0.25, -0.2) is 0 Å². The van der Waals surface area contributed by atoms with Crippen LogP contribution in [0.2, 0.25) is 0 Å². The van der Waals surface area contributed by atoms with Crippen molar-refractivity contribution in [3.8, 4) is 34.4 Å². The normalized spacial score (nSPS) is 11.1. The van der Waals surface area contributed by atoms with Crippen LogP contribution < -0.4 is 0 Å². The number of rotatable bonds is 0. The molecule has 0 bridgehead atoms. The van der Waals surface area contributed by atoms with E-state index in [1.165, 1.54) is 0 Å². The molecule has 19 heavy (non-hydrogen) atoms. The third-order valence-corrected chi connectivity index (χ3v) is 3.73. The van der Waals surface area contributed by atoms with E-state index in [0.29, 0.717) is 11.1 Å². The topological polar surface area (TPSA) is 63.4 Å². The number of H-pyrrole nitrogens is 1. The lowest BCUT2D eigenvalue weighted by Crippen LogP contribution is -1.87. The molecule has 1 aliphatic carbocycles. The summed E-state index contributed by atoms with van der Waals surface area (Å²) < 4.78 is 0. The number of hydrogen-bond donors (Lipinski definition) is 1. The second-order valence-corrected chi connectivity index (χ2v) is 4.58. The Hall–Kier alpha value is -3.04. The van der Waals surface area contributed by atoms with Crippen LogP contribution in [0.1, 0.15) is 11.1 Å². The zero-order valence-corrected chi connectivity index (χ0v) is 9.86. The van der Waals surface area contributed by atoms with Crippen molar-refractivity contribution in [1.82, 2.24) is 4.98 Å². The summed E-state index contributed by atoms with van der Waals surface area (Å²) in [5.74, 6) is 0. The summed E-state index contributed by atoms with van der Waals surface area (Å²) in [6, 6.07) is 11.9. The lowest BCUT2D eigenvalue weighted by Gasteiger charge is -2.06. The molecule has 86 valence electrons. The maximum atomic E-state index is 9.26. The fourth-order valence-corrected chi connectivity index (χ4v) is 2.94. The molecule has 1 N–H and O–H groups in total. The Balaban J connectivity index is 2.31. The SMILES string of the molecule is N#Cc1ccc2c3c(ccc(C#N)c13)-c1c[nH]cc1-2. The molecule has 1 aromatic heterocycles. The molecule has 0 saturated heterocycles. The lowest BCUT2D eigenvalue weighted by molar-refractivity contribution is 1.41. The number of aromatic nitrogens is 1. The Kier molecular flexibility index (Phi) is 1.70. The number of fused-ring (bicyclic) bond motifs is 3. The van der Waals surface area contributed by atoms with Crippen LogP contribution >= 0.6 is 0 Å². The first-order valence-corrected chi connectivity index (χ1v) is 5.92. The zero-order valence-electron chi connectivity index (χ0n) is 9.86. The van der Waals surface area contributed by atoms with E-state index in [0.717, 1.165) is 33.0 Å². The molecule has 0 spiro atoms. The number of nitrogens with zero attached hydrogens (tertiary/aromatic N) is 2. The largest absolute Gasteiger partial charge is 0.366 e. The zero-order chi connectivity index (χ0) is 13.0. The van der Waals surface area contributed by atoms with Crippen molar-refractivity contribution in [2.24, 2.45) is 0 Å². The lowest BCUT2D eigenvalue weighted by atomic mass is 9.95. The molecule has 1 heterocycles. The Morgan fingerprint density at radius 2 is 1.21 bits per heavy atom. The first-order chi connectivity index (χ1) is 9.35. The monoisotopic (exact) mass is 241 g/mol. The van der Waals surface area contributed by atoms with Crippen molar-refractivity contribution in [2.75, 3.05) is 0 Å². The van der Waals surface area contributed by atoms with Gasteiger partial charge in [0.25, 0.3) is 0 Å². The van der Waals surface area contributed by atoms with Gasteiger partial charge in [0.15, 0.2) is 0 Å². The fourth-order valence-electron chi connectivity index (χ4n) is 2.94. The van der Waals surface area contributed by atoms with Crippen molar-refractivity contribution in [3.63, 3.8) is 0 Å². The molecular weight excluding hydrogens is 234 g/mol. The van der Waals surface area contributed by atoms with Crippen molar-refractivity contribution in [1.29, 1.82) is 10.5 Å². The van der Waals surface area contributed by atoms with E-state index < -0.39 is 0 Å². The van der Waals surface area contributed by atoms with Crippen molar-refractivity contribution >= 4 is 10.8 Å². The molecule has 3 nitrogen and oxygen atoms in total. The average Bonchev–Trinajstić information content (AvgIpc) is 3.03. The molecule has 0 aliphatic heterocycles. The van der Waals surface area contributed by atoms with Crippen molar-refractivity contribution in [3.05, 3.63) is 47.8 Å². The van der Waals surface area contributed by atoms with Crippen LogP contribution in [0.4, 0.5) is 0 Å². The molecular formula is C16H7N3. The fraction of sp³-hybridized carbons (Fsp3) is 0. The molecule has 0 radical (unpaired) electrons. The average molecular weight is 241 g/mol. The number of hydrogen-bond acceptors (Lipinski definition) is 2. The molecule has 2 aromatic carbocycles. The van der Waals surface area contributed by atoms with Gasteiger partial charge in [0.1, 0.15) is 0 Å². The molecule has 0 saturated carbocycles. The third-order valence-electron chi connectivity index (χ3n) is 3.73. The number of nitrogens with one attached hydrogen (secondary N) is 1. The Labute approximate surface area is 109 Å². The number of nitriles is 2. The molecule has 3 heteroatoms. The molecule has 0 amide bonds. The second kappa shape index (κ2) is 3.25. The predicted molar refractivity (Wildman–Crippen MR) is 72.2 cm³/mol. The minimum atomic E-state index is 0.561. The van der Waals surface area contributed by atoms with Gasteiger partial charge in [0.05, 0.1) is 23.3 Å². The Bertz CT molecular complexity index is 862. The van der Waals surface area contributed by atoms with Gasteiger partial charge in [-0.05, 0) is 23.3 Å². The highest BCUT2D eigenvalue weighted by Gasteiger charge is 2.24. The van der Waals surface area contributed by atoms with Crippen LogP contribution in [0.15, 0.2) is 36.7 Å². The van der Waals surface area contributed by atoms with Crippen LogP contribution in [0.25, 0.3) is 33.0 Å². The third kappa shape index (κ3) is 1.05. The summed E-state index contributed by atoms with van der Waals surface area (Å²) >= 11 is 0. The molecule has 1 aliphatic rings. The smallest absolute Gasteiger partial charge is 0.0998 e. The van der Waals surface area contributed by atoms with E-state index in [2.05, 4.69) is 17.1 Å². The Morgan fingerprint density at radius 1 is 0.684 bits per heavy atom. The van der Waals surface area contributed by atoms with E-state index in [1.54, 1.807) is 12.1 Å². The maximum absolute atomic E-state index is 9.26. The van der Waals surface area contributed by atoms with E-state index in [4.69, 9.17) is 0 Å². The quantitative estimate of drug-likeness (QED) is 0.511. The van der Waals surface area contributed by atoms with Gasteiger partial charge in [-0.1, -0.05) is 12.1 Å². The van der Waals surface area contributed by atoms with E-state index in [1.807, 2.05) is 24.5 Å². The van der Waals surface area contributed by atoms with E-state index >= 15 is 0 Å². The number of aromatic amines is 1. The Morgan fingerprint density at radius 3 is 1.68 bits per heavy atom. The summed E-state index contributed by atoms with van der Waals surface area (Å²) in [6.45, 7) is 0. The molecule has 3 aromatic rings. The highest BCUT2D eigenvalue weighted by atomic mass is 14.6. The summed E-state index contributed by atoms with van der Waals surface area (Å²) in [5.41, 5.74) is 5.59. The van der Waals surface area contributed by atoms with Crippen molar-refractivity contribution < 1.29 is 0 Å². The summed E-state index contributed by atoms with van der Waals surface area (Å²) in [7, 11) is 0. The molecule has 0 fully saturated rings. The molecule has 0 unspecified atom stereocenters. The van der Waals surface area contributed by atoms with Gasteiger partial charge < -0.3 is 4.98 Å². The predicted octanol–water partition coefficient (Wildman–Crippen LogP) is 3.56. The van der Waals surface area contributed by atoms with Gasteiger partial charge >= 0.3 is 0 Å². The van der Waals surface area contributed by atoms with E-state index in [-0.39, 0.29) is 0 Å². The highest BCUT2D eigenvalue weighted by molar-refractivity contribution is 6.17. The summed E-state index contributed by atoms with van der Waals surface area (Å²) in [6.07, 6.45) is 3.92.